The molecule has 4 aliphatic rings. The zero-order chi connectivity index (χ0) is 28.5. The maximum absolute atomic E-state index is 17.4. The molecule has 0 spiro atoms. The average molecular weight is 547 g/mol. The summed E-state index contributed by atoms with van der Waals surface area (Å²) < 4.78 is 34.4. The summed E-state index contributed by atoms with van der Waals surface area (Å²) in [6.45, 7) is 2.43. The monoisotopic (exact) mass is 546 g/mol. The van der Waals surface area contributed by atoms with Gasteiger partial charge in [0.25, 0.3) is 5.56 Å². The topological polar surface area (TPSA) is 120 Å². The second-order valence-corrected chi connectivity index (χ2v) is 12.3. The zero-order valence-electron chi connectivity index (χ0n) is 22.4. The molecule has 1 heterocycles. The molecule has 0 amide bonds. The first-order valence-electron chi connectivity index (χ1n) is 13.5. The summed E-state index contributed by atoms with van der Waals surface area (Å²) in [6, 6.07) is 3.28. The molecule has 0 aromatic carbocycles. The number of aliphatic hydroxyl groups is 2. The van der Waals surface area contributed by atoms with Gasteiger partial charge in [-0.15, -0.1) is 0 Å². The summed E-state index contributed by atoms with van der Waals surface area (Å²) in [5.41, 5.74) is -4.66. The molecule has 1 aromatic rings. The van der Waals surface area contributed by atoms with E-state index in [1.54, 1.807) is 32.3 Å². The number of aromatic nitrogens is 1. The molecule has 10 heteroatoms. The molecule has 0 radical (unpaired) electrons. The Kier molecular flexibility index (Phi) is 6.85. The number of carbonyl (C=O) groups is 2. The van der Waals surface area contributed by atoms with Crippen LogP contribution in [-0.2, 0) is 23.2 Å². The molecule has 39 heavy (non-hydrogen) atoms. The fraction of sp³-hybridized carbons (Fsp3) is 0.621. The van der Waals surface area contributed by atoms with E-state index in [1.165, 1.54) is 23.6 Å². The number of aliphatic hydroxyl groups excluding tert-OH is 2. The normalized spacial score (nSPS) is 41.2. The molecule has 3 fully saturated rings. The van der Waals surface area contributed by atoms with Crippen molar-refractivity contribution >= 4 is 11.6 Å². The molecule has 9 unspecified atom stereocenters. The van der Waals surface area contributed by atoms with E-state index in [0.717, 1.165) is 11.1 Å². The van der Waals surface area contributed by atoms with Gasteiger partial charge in [0.05, 0.1) is 12.6 Å². The number of hydrogen-bond donors (Lipinski definition) is 3. The lowest BCUT2D eigenvalue weighted by Gasteiger charge is -2.62. The molecule has 0 bridgehead atoms. The number of nitrogens with zero attached hydrogens (tertiary/aromatic N) is 2. The number of rotatable bonds is 6. The summed E-state index contributed by atoms with van der Waals surface area (Å²) in [5, 5.41) is 33.1. The first-order valence-corrected chi connectivity index (χ1v) is 13.5. The third-order valence-corrected chi connectivity index (χ3v) is 10.3. The maximum atomic E-state index is 17.4. The highest BCUT2D eigenvalue weighted by Gasteiger charge is 2.73. The van der Waals surface area contributed by atoms with E-state index in [1.807, 2.05) is 0 Å². The van der Waals surface area contributed by atoms with Crippen molar-refractivity contribution in [1.29, 1.82) is 0 Å². The number of carbonyl (C=O) groups excluding carboxylic acids is 2. The second kappa shape index (κ2) is 9.54. The van der Waals surface area contributed by atoms with Crippen LogP contribution in [0.3, 0.4) is 0 Å². The summed E-state index contributed by atoms with van der Waals surface area (Å²) in [4.78, 5) is 37.6. The van der Waals surface area contributed by atoms with Gasteiger partial charge in [-0.1, -0.05) is 19.1 Å². The number of alkyl halides is 2. The van der Waals surface area contributed by atoms with E-state index in [0.29, 0.717) is 5.56 Å². The van der Waals surface area contributed by atoms with E-state index in [9.17, 15) is 29.8 Å². The van der Waals surface area contributed by atoms with Gasteiger partial charge in [-0.3, -0.25) is 14.4 Å². The van der Waals surface area contributed by atoms with Crippen LogP contribution in [0.15, 0.2) is 46.9 Å². The van der Waals surface area contributed by atoms with Gasteiger partial charge in [0.15, 0.2) is 17.2 Å². The Labute approximate surface area is 225 Å². The van der Waals surface area contributed by atoms with Crippen molar-refractivity contribution in [3.05, 3.63) is 58.0 Å². The zero-order valence-corrected chi connectivity index (χ0v) is 22.4. The third-order valence-electron chi connectivity index (χ3n) is 10.3. The van der Waals surface area contributed by atoms with Crippen LogP contribution in [0.1, 0.15) is 38.7 Å². The third kappa shape index (κ3) is 4.02. The highest BCUT2D eigenvalue weighted by Crippen LogP contribution is 2.70. The van der Waals surface area contributed by atoms with Crippen LogP contribution in [0.4, 0.5) is 8.78 Å². The van der Waals surface area contributed by atoms with E-state index in [-0.39, 0.29) is 43.5 Å². The number of aryl methyl sites for hydroxylation is 1. The molecular formula is C29H36F2N2O6. The number of hydrogen-bond acceptors (Lipinski definition) is 7. The molecule has 0 aliphatic heterocycles. The minimum Gasteiger partial charge on any atom is -0.390 e. The lowest BCUT2D eigenvalue weighted by atomic mass is 9.45. The van der Waals surface area contributed by atoms with Gasteiger partial charge < -0.3 is 20.0 Å². The number of allylic oxidation sites excluding steroid dienone is 4. The Morgan fingerprint density at radius 3 is 2.64 bits per heavy atom. The minimum absolute atomic E-state index is 0.0277. The standard InChI is InChI=1S/C29H36F2N2O6/c1-27-12-24(37)29(31)20(11-22(30)21-10-18(35)6-7-28(21,29)2)19(27)9-17(25(27)23(36)15-34)14-33(39)13-16-5-4-8-32(3)26(16)38/h4-8,10,17,19-20,22,24-25,34,37,39H,9,11-15H2,1-3H3. The van der Waals surface area contributed by atoms with Crippen molar-refractivity contribution in [2.75, 3.05) is 13.2 Å². The van der Waals surface area contributed by atoms with E-state index < -0.39 is 70.6 Å². The fourth-order valence-electron chi connectivity index (χ4n) is 8.60. The quantitative estimate of drug-likeness (QED) is 0.469. The van der Waals surface area contributed by atoms with E-state index in [4.69, 9.17) is 0 Å². The van der Waals surface area contributed by atoms with Crippen molar-refractivity contribution in [2.45, 2.75) is 57.6 Å². The molecular weight excluding hydrogens is 510 g/mol. The molecule has 9 atom stereocenters. The minimum atomic E-state index is -2.28. The van der Waals surface area contributed by atoms with Crippen molar-refractivity contribution in [3.8, 4) is 0 Å². The lowest BCUT2D eigenvalue weighted by molar-refractivity contribution is -0.202. The van der Waals surface area contributed by atoms with E-state index >= 15 is 8.78 Å². The van der Waals surface area contributed by atoms with Crippen LogP contribution in [0.5, 0.6) is 0 Å². The van der Waals surface area contributed by atoms with Crippen molar-refractivity contribution in [3.63, 3.8) is 0 Å². The van der Waals surface area contributed by atoms with Crippen molar-refractivity contribution in [2.24, 2.45) is 41.5 Å². The van der Waals surface area contributed by atoms with Crippen LogP contribution >= 0.6 is 0 Å². The van der Waals surface area contributed by atoms with Crippen LogP contribution in [0, 0.1) is 34.5 Å². The summed E-state index contributed by atoms with van der Waals surface area (Å²) >= 11 is 0. The highest BCUT2D eigenvalue weighted by atomic mass is 19.1. The molecule has 212 valence electrons. The van der Waals surface area contributed by atoms with Gasteiger partial charge in [0, 0.05) is 42.6 Å². The smallest absolute Gasteiger partial charge is 0.254 e. The Morgan fingerprint density at radius 1 is 1.23 bits per heavy atom. The summed E-state index contributed by atoms with van der Waals surface area (Å²) in [6.07, 6.45) is 2.10. The van der Waals surface area contributed by atoms with Crippen LogP contribution < -0.4 is 5.56 Å². The maximum Gasteiger partial charge on any atom is 0.254 e. The summed E-state index contributed by atoms with van der Waals surface area (Å²) in [5.74, 6) is -3.74. The molecule has 0 saturated heterocycles. The number of fused-ring (bicyclic) bond motifs is 5. The second-order valence-electron chi connectivity index (χ2n) is 12.3. The van der Waals surface area contributed by atoms with E-state index in [2.05, 4.69) is 0 Å². The Balaban J connectivity index is 1.50. The number of ketones is 2. The van der Waals surface area contributed by atoms with Crippen LogP contribution in [0.2, 0.25) is 0 Å². The van der Waals surface area contributed by atoms with Gasteiger partial charge in [-0.25, -0.2) is 8.78 Å². The Morgan fingerprint density at radius 2 is 1.95 bits per heavy atom. The molecule has 8 nitrogen and oxygen atoms in total. The van der Waals surface area contributed by atoms with Gasteiger partial charge in [0.1, 0.15) is 12.8 Å². The Hall–Kier alpha value is -2.53. The first kappa shape index (κ1) is 28.0. The number of halogens is 2. The van der Waals surface area contributed by atoms with Crippen LogP contribution in [0.25, 0.3) is 0 Å². The molecule has 3 N–H and O–H groups in total. The van der Waals surface area contributed by atoms with Crippen LogP contribution in [-0.4, -0.2) is 67.7 Å². The van der Waals surface area contributed by atoms with Gasteiger partial charge in [-0.05, 0) is 67.2 Å². The Bertz CT molecular complexity index is 1310. The lowest BCUT2D eigenvalue weighted by Crippen LogP contribution is -2.68. The highest BCUT2D eigenvalue weighted by molar-refractivity contribution is 6.01. The van der Waals surface area contributed by atoms with Gasteiger partial charge >= 0.3 is 0 Å². The fourth-order valence-corrected chi connectivity index (χ4v) is 8.60. The number of hydroxylamine groups is 2. The van der Waals surface area contributed by atoms with Crippen molar-refractivity contribution < 1.29 is 33.8 Å². The number of Topliss-reactive ketones (excluding diaryl/α,β-unsaturated/α-hetero) is 1. The first-order chi connectivity index (χ1) is 18.3. The molecule has 3 saturated carbocycles. The van der Waals surface area contributed by atoms with Crippen molar-refractivity contribution in [1.82, 2.24) is 9.63 Å². The number of pyridine rings is 1. The molecule has 5 rings (SSSR count). The SMILES string of the molecule is Cn1cccc(CN(O)CC2CC3C4CC(F)C5=CC(=O)C=CC5(C)C4(F)C(O)CC3(C)C2C(=O)CO)c1=O. The average Bonchev–Trinajstić information content (AvgIpc) is 3.15. The summed E-state index contributed by atoms with van der Waals surface area (Å²) in [7, 11) is 1.60. The predicted octanol–water partition coefficient (Wildman–Crippen LogP) is 2.30. The largest absolute Gasteiger partial charge is 0.390 e. The molecule has 4 aliphatic carbocycles. The van der Waals surface area contributed by atoms with Gasteiger partial charge in [0.2, 0.25) is 0 Å². The van der Waals surface area contributed by atoms with Gasteiger partial charge in [-0.2, -0.15) is 5.06 Å². The molecule has 1 aromatic heterocycles. The predicted molar refractivity (Wildman–Crippen MR) is 137 cm³/mol.